The molecule has 0 aromatic carbocycles. The van der Waals surface area contributed by atoms with Gasteiger partial charge in [0, 0.05) is 6.42 Å². The minimum atomic E-state index is -0.228. The Balaban J connectivity index is 2.19. The SMILES string of the molecule is CC(C)(C)CC(=O)NCC(=O)NCc1ccco1. The topological polar surface area (TPSA) is 71.3 Å². The maximum atomic E-state index is 11.5. The summed E-state index contributed by atoms with van der Waals surface area (Å²) in [4.78, 5) is 22.9. The van der Waals surface area contributed by atoms with Gasteiger partial charge in [-0.1, -0.05) is 20.8 Å². The third kappa shape index (κ3) is 6.08. The van der Waals surface area contributed by atoms with Crippen molar-refractivity contribution in [2.45, 2.75) is 33.7 Å². The van der Waals surface area contributed by atoms with Crippen LogP contribution < -0.4 is 10.6 Å². The highest BCUT2D eigenvalue weighted by molar-refractivity contribution is 5.84. The number of amides is 2. The Morgan fingerprint density at radius 1 is 1.22 bits per heavy atom. The van der Waals surface area contributed by atoms with Crippen molar-refractivity contribution in [1.82, 2.24) is 10.6 Å². The fourth-order valence-corrected chi connectivity index (χ4v) is 1.38. The number of rotatable bonds is 5. The predicted molar refractivity (Wildman–Crippen MR) is 67.6 cm³/mol. The molecule has 0 saturated heterocycles. The van der Waals surface area contributed by atoms with Gasteiger partial charge in [0.15, 0.2) is 0 Å². The van der Waals surface area contributed by atoms with E-state index in [0.717, 1.165) is 0 Å². The fraction of sp³-hybridized carbons (Fsp3) is 0.538. The minimum absolute atomic E-state index is 0.00434. The molecule has 2 amide bonds. The second-order valence-corrected chi connectivity index (χ2v) is 5.37. The monoisotopic (exact) mass is 252 g/mol. The second kappa shape index (κ2) is 6.23. The number of furan rings is 1. The van der Waals surface area contributed by atoms with Gasteiger partial charge in [-0.15, -0.1) is 0 Å². The first-order chi connectivity index (χ1) is 8.37. The lowest BCUT2D eigenvalue weighted by molar-refractivity contribution is -0.127. The van der Waals surface area contributed by atoms with Gasteiger partial charge in [0.1, 0.15) is 5.76 Å². The van der Waals surface area contributed by atoms with Gasteiger partial charge in [-0.25, -0.2) is 0 Å². The van der Waals surface area contributed by atoms with Crippen molar-refractivity contribution in [3.05, 3.63) is 24.2 Å². The van der Waals surface area contributed by atoms with Crippen LogP contribution in [-0.4, -0.2) is 18.4 Å². The van der Waals surface area contributed by atoms with Crippen molar-refractivity contribution in [3.63, 3.8) is 0 Å². The Labute approximate surface area is 107 Å². The van der Waals surface area contributed by atoms with Crippen molar-refractivity contribution in [3.8, 4) is 0 Å². The second-order valence-electron chi connectivity index (χ2n) is 5.37. The van der Waals surface area contributed by atoms with E-state index < -0.39 is 0 Å². The molecule has 0 aliphatic heterocycles. The average molecular weight is 252 g/mol. The van der Waals surface area contributed by atoms with Gasteiger partial charge in [-0.3, -0.25) is 9.59 Å². The highest BCUT2D eigenvalue weighted by Gasteiger charge is 2.16. The van der Waals surface area contributed by atoms with Gasteiger partial charge in [0.25, 0.3) is 0 Å². The van der Waals surface area contributed by atoms with Gasteiger partial charge >= 0.3 is 0 Å². The van der Waals surface area contributed by atoms with E-state index in [1.165, 1.54) is 0 Å². The van der Waals surface area contributed by atoms with Crippen molar-refractivity contribution in [2.75, 3.05) is 6.54 Å². The molecule has 2 N–H and O–H groups in total. The molecule has 0 spiro atoms. The van der Waals surface area contributed by atoms with E-state index in [-0.39, 0.29) is 23.8 Å². The molecule has 1 heterocycles. The van der Waals surface area contributed by atoms with Crippen LogP contribution in [0.1, 0.15) is 33.0 Å². The van der Waals surface area contributed by atoms with Crippen LogP contribution in [0.3, 0.4) is 0 Å². The van der Waals surface area contributed by atoms with Crippen molar-refractivity contribution < 1.29 is 14.0 Å². The first kappa shape index (κ1) is 14.3. The zero-order valence-corrected chi connectivity index (χ0v) is 11.1. The van der Waals surface area contributed by atoms with E-state index in [9.17, 15) is 9.59 Å². The highest BCUT2D eigenvalue weighted by atomic mass is 16.3. The Kier molecular flexibility index (Phi) is 4.95. The summed E-state index contributed by atoms with van der Waals surface area (Å²) >= 11 is 0. The average Bonchev–Trinajstić information content (AvgIpc) is 2.74. The molecule has 0 unspecified atom stereocenters. The molecule has 0 atom stereocenters. The third-order valence-corrected chi connectivity index (χ3v) is 2.18. The summed E-state index contributed by atoms with van der Waals surface area (Å²) in [7, 11) is 0. The number of nitrogens with one attached hydrogen (secondary N) is 2. The molecule has 1 aromatic rings. The van der Waals surface area contributed by atoms with E-state index in [2.05, 4.69) is 10.6 Å². The van der Waals surface area contributed by atoms with Crippen LogP contribution in [0, 0.1) is 5.41 Å². The number of carbonyl (C=O) groups is 2. The first-order valence-corrected chi connectivity index (χ1v) is 5.92. The normalized spacial score (nSPS) is 11.1. The van der Waals surface area contributed by atoms with Crippen molar-refractivity contribution in [2.24, 2.45) is 5.41 Å². The molecule has 0 aliphatic rings. The molecule has 5 heteroatoms. The minimum Gasteiger partial charge on any atom is -0.467 e. The largest absolute Gasteiger partial charge is 0.467 e. The molecule has 0 saturated carbocycles. The Bertz CT molecular complexity index is 391. The molecule has 18 heavy (non-hydrogen) atoms. The quantitative estimate of drug-likeness (QED) is 0.833. The van der Waals surface area contributed by atoms with Crippen LogP contribution in [0.15, 0.2) is 22.8 Å². The van der Waals surface area contributed by atoms with E-state index in [0.29, 0.717) is 18.7 Å². The Morgan fingerprint density at radius 2 is 1.94 bits per heavy atom. The summed E-state index contributed by atoms with van der Waals surface area (Å²) in [6.45, 7) is 6.26. The maximum absolute atomic E-state index is 11.5. The van der Waals surface area contributed by atoms with Gasteiger partial charge in [0.05, 0.1) is 19.4 Å². The zero-order valence-electron chi connectivity index (χ0n) is 11.1. The van der Waals surface area contributed by atoms with E-state index in [1.807, 2.05) is 20.8 Å². The predicted octanol–water partition coefficient (Wildman–Crippen LogP) is 1.45. The lowest BCUT2D eigenvalue weighted by Crippen LogP contribution is -2.37. The lowest BCUT2D eigenvalue weighted by atomic mass is 9.92. The number of hydrogen-bond donors (Lipinski definition) is 2. The number of hydrogen-bond acceptors (Lipinski definition) is 3. The summed E-state index contributed by atoms with van der Waals surface area (Å²) in [5.41, 5.74) is -0.0747. The van der Waals surface area contributed by atoms with Crippen LogP contribution in [0.5, 0.6) is 0 Å². The van der Waals surface area contributed by atoms with Gasteiger partial charge in [-0.05, 0) is 17.5 Å². The highest BCUT2D eigenvalue weighted by Crippen LogP contribution is 2.17. The molecule has 0 fully saturated rings. The van der Waals surface area contributed by atoms with Crippen LogP contribution in [0.2, 0.25) is 0 Å². The number of carbonyl (C=O) groups excluding carboxylic acids is 2. The molecule has 0 radical (unpaired) electrons. The maximum Gasteiger partial charge on any atom is 0.239 e. The Morgan fingerprint density at radius 3 is 2.50 bits per heavy atom. The first-order valence-electron chi connectivity index (χ1n) is 5.92. The van der Waals surface area contributed by atoms with Crippen LogP contribution in [-0.2, 0) is 16.1 Å². The summed E-state index contributed by atoms with van der Waals surface area (Å²) in [6, 6.07) is 3.53. The summed E-state index contributed by atoms with van der Waals surface area (Å²) in [5.74, 6) is 0.341. The van der Waals surface area contributed by atoms with Gasteiger partial charge in [0.2, 0.25) is 11.8 Å². The van der Waals surface area contributed by atoms with Crippen LogP contribution >= 0.6 is 0 Å². The summed E-state index contributed by atoms with van der Waals surface area (Å²) in [5, 5.41) is 5.24. The van der Waals surface area contributed by atoms with Crippen molar-refractivity contribution >= 4 is 11.8 Å². The summed E-state index contributed by atoms with van der Waals surface area (Å²) in [6.07, 6.45) is 1.95. The van der Waals surface area contributed by atoms with Gasteiger partial charge < -0.3 is 15.1 Å². The molecule has 5 nitrogen and oxygen atoms in total. The van der Waals surface area contributed by atoms with E-state index in [4.69, 9.17) is 4.42 Å². The molecule has 100 valence electrons. The van der Waals surface area contributed by atoms with Crippen molar-refractivity contribution in [1.29, 1.82) is 0 Å². The lowest BCUT2D eigenvalue weighted by Gasteiger charge is -2.17. The molecule has 0 bridgehead atoms. The van der Waals surface area contributed by atoms with E-state index in [1.54, 1.807) is 18.4 Å². The molecular formula is C13H20N2O3. The summed E-state index contributed by atoms with van der Waals surface area (Å²) < 4.78 is 5.07. The van der Waals surface area contributed by atoms with Crippen LogP contribution in [0.4, 0.5) is 0 Å². The third-order valence-electron chi connectivity index (χ3n) is 2.18. The molecule has 1 rings (SSSR count). The van der Waals surface area contributed by atoms with E-state index >= 15 is 0 Å². The Hall–Kier alpha value is -1.78. The smallest absolute Gasteiger partial charge is 0.239 e. The van der Waals surface area contributed by atoms with Gasteiger partial charge in [-0.2, -0.15) is 0 Å². The fourth-order valence-electron chi connectivity index (χ4n) is 1.38. The molecule has 1 aromatic heterocycles. The standard InChI is InChI=1S/C13H20N2O3/c1-13(2,3)7-11(16)15-9-12(17)14-8-10-5-4-6-18-10/h4-6H,7-9H2,1-3H3,(H,14,17)(H,15,16). The molecular weight excluding hydrogens is 232 g/mol. The van der Waals surface area contributed by atoms with Crippen LogP contribution in [0.25, 0.3) is 0 Å². The zero-order chi connectivity index (χ0) is 13.6. The molecule has 0 aliphatic carbocycles.